The molecule has 0 bridgehead atoms. The van der Waals surface area contributed by atoms with E-state index in [1.807, 2.05) is 16.8 Å². The fourth-order valence-corrected chi connectivity index (χ4v) is 3.00. The van der Waals surface area contributed by atoms with Crippen molar-refractivity contribution in [2.75, 3.05) is 24.7 Å². The molecule has 3 aromatic rings. The Balaban J connectivity index is 1.85. The van der Waals surface area contributed by atoms with Crippen molar-refractivity contribution >= 4 is 11.3 Å². The van der Waals surface area contributed by atoms with Gasteiger partial charge in [0, 0.05) is 18.3 Å². The zero-order valence-electron chi connectivity index (χ0n) is 13.4. The summed E-state index contributed by atoms with van der Waals surface area (Å²) >= 11 is 0. The number of anilines is 1. The number of morpholine rings is 1. The second kappa shape index (κ2) is 5.66. The van der Waals surface area contributed by atoms with E-state index in [4.69, 9.17) is 9.72 Å². The molecule has 0 amide bonds. The molecule has 0 saturated carbocycles. The molecule has 1 aromatic carbocycles. The third-order valence-electron chi connectivity index (χ3n) is 4.32. The summed E-state index contributed by atoms with van der Waals surface area (Å²) in [5.74, 6) is 1.73. The minimum Gasteiger partial charge on any atom is -0.377 e. The molecule has 3 heterocycles. The Morgan fingerprint density at radius 3 is 2.78 bits per heavy atom. The van der Waals surface area contributed by atoms with Crippen molar-refractivity contribution in [2.24, 2.45) is 0 Å². The van der Waals surface area contributed by atoms with Gasteiger partial charge in [-0.15, -0.1) is 5.10 Å². The van der Waals surface area contributed by atoms with Crippen molar-refractivity contribution in [1.82, 2.24) is 14.6 Å². The number of hydrogen-bond donors (Lipinski definition) is 0. The number of hydrogen-bond acceptors (Lipinski definition) is 4. The Kier molecular flexibility index (Phi) is 3.50. The van der Waals surface area contributed by atoms with Crippen molar-refractivity contribution in [3.05, 3.63) is 48.2 Å². The smallest absolute Gasteiger partial charge is 0.182 e. The first-order valence-electron chi connectivity index (χ1n) is 7.99. The van der Waals surface area contributed by atoms with E-state index >= 15 is 0 Å². The van der Waals surface area contributed by atoms with Gasteiger partial charge >= 0.3 is 0 Å². The highest BCUT2D eigenvalue weighted by molar-refractivity contribution is 5.72. The van der Waals surface area contributed by atoms with Gasteiger partial charge in [-0.3, -0.25) is 0 Å². The lowest BCUT2D eigenvalue weighted by Crippen LogP contribution is -2.44. The largest absolute Gasteiger partial charge is 0.377 e. The maximum atomic E-state index is 5.56. The van der Waals surface area contributed by atoms with Crippen LogP contribution in [-0.4, -0.2) is 40.4 Å². The fraction of sp³-hybridized carbons (Fsp3) is 0.333. The van der Waals surface area contributed by atoms with E-state index in [-0.39, 0.29) is 0 Å². The van der Waals surface area contributed by atoms with E-state index in [1.54, 1.807) is 0 Å². The van der Waals surface area contributed by atoms with Crippen LogP contribution in [0.5, 0.6) is 0 Å². The summed E-state index contributed by atoms with van der Waals surface area (Å²) in [5, 5.41) is 4.66. The van der Waals surface area contributed by atoms with Gasteiger partial charge in [0.2, 0.25) is 0 Å². The van der Waals surface area contributed by atoms with E-state index in [2.05, 4.69) is 54.2 Å². The second-order valence-electron chi connectivity index (χ2n) is 6.08. The zero-order chi connectivity index (χ0) is 15.8. The van der Waals surface area contributed by atoms with E-state index in [9.17, 15) is 0 Å². The second-order valence-corrected chi connectivity index (χ2v) is 6.08. The Morgan fingerprint density at radius 1 is 1.17 bits per heavy atom. The lowest BCUT2D eigenvalue weighted by molar-refractivity contribution is 0.0986. The Labute approximate surface area is 135 Å². The monoisotopic (exact) mass is 308 g/mol. The van der Waals surface area contributed by atoms with Crippen molar-refractivity contribution in [2.45, 2.75) is 19.9 Å². The SMILES string of the molecule is Cc1ccc(-c2nc(N3CCOC[C@H]3C)c3cccn3n2)cc1. The molecular formula is C18H20N4O. The molecule has 23 heavy (non-hydrogen) atoms. The van der Waals surface area contributed by atoms with Gasteiger partial charge in [0.1, 0.15) is 5.52 Å². The normalized spacial score (nSPS) is 18.5. The summed E-state index contributed by atoms with van der Waals surface area (Å²) in [5.41, 5.74) is 3.31. The molecule has 0 spiro atoms. The van der Waals surface area contributed by atoms with E-state index in [0.29, 0.717) is 6.04 Å². The number of aromatic nitrogens is 3. The average molecular weight is 308 g/mol. The van der Waals surface area contributed by atoms with Crippen LogP contribution in [0, 0.1) is 6.92 Å². The topological polar surface area (TPSA) is 42.7 Å². The molecule has 0 unspecified atom stereocenters. The zero-order valence-corrected chi connectivity index (χ0v) is 13.4. The number of ether oxygens (including phenoxy) is 1. The van der Waals surface area contributed by atoms with Gasteiger partial charge in [0.25, 0.3) is 0 Å². The highest BCUT2D eigenvalue weighted by Crippen LogP contribution is 2.26. The van der Waals surface area contributed by atoms with Crippen LogP contribution >= 0.6 is 0 Å². The highest BCUT2D eigenvalue weighted by Gasteiger charge is 2.23. The Bertz CT molecular complexity index is 825. The van der Waals surface area contributed by atoms with Gasteiger partial charge in [-0.2, -0.15) is 0 Å². The molecule has 0 N–H and O–H groups in total. The minimum atomic E-state index is 0.309. The van der Waals surface area contributed by atoms with Crippen LogP contribution in [-0.2, 0) is 4.74 Å². The number of nitrogens with zero attached hydrogens (tertiary/aromatic N) is 4. The van der Waals surface area contributed by atoms with Gasteiger partial charge < -0.3 is 9.64 Å². The molecule has 0 aliphatic carbocycles. The number of fused-ring (bicyclic) bond motifs is 1. The summed E-state index contributed by atoms with van der Waals surface area (Å²) in [6.45, 7) is 6.58. The standard InChI is InChI=1S/C18H20N4O/c1-13-5-7-15(8-6-13)17-19-18(16-4-3-9-22(16)20-17)21-10-11-23-12-14(21)2/h3-9,14H,10-12H2,1-2H3/t14-/m1/s1. The number of rotatable bonds is 2. The van der Waals surface area contributed by atoms with Crippen molar-refractivity contribution in [3.63, 3.8) is 0 Å². The minimum absolute atomic E-state index is 0.309. The molecule has 4 rings (SSSR count). The molecule has 0 radical (unpaired) electrons. The number of aryl methyl sites for hydroxylation is 1. The van der Waals surface area contributed by atoms with Crippen LogP contribution in [0.4, 0.5) is 5.82 Å². The molecule has 1 atom stereocenters. The van der Waals surface area contributed by atoms with Crippen LogP contribution in [0.25, 0.3) is 16.9 Å². The highest BCUT2D eigenvalue weighted by atomic mass is 16.5. The third kappa shape index (κ3) is 2.57. The summed E-state index contributed by atoms with van der Waals surface area (Å²) in [6, 6.07) is 12.7. The van der Waals surface area contributed by atoms with Gasteiger partial charge in [0.15, 0.2) is 11.6 Å². The Hall–Kier alpha value is -2.40. The molecule has 118 valence electrons. The lowest BCUT2D eigenvalue weighted by atomic mass is 10.1. The molecule has 5 nitrogen and oxygen atoms in total. The molecule has 1 aliphatic rings. The molecule has 1 saturated heterocycles. The molecule has 1 fully saturated rings. The first-order chi connectivity index (χ1) is 11.2. The molecule has 2 aromatic heterocycles. The average Bonchev–Trinajstić information content (AvgIpc) is 3.04. The van der Waals surface area contributed by atoms with Crippen LogP contribution < -0.4 is 4.90 Å². The fourth-order valence-electron chi connectivity index (χ4n) is 3.00. The summed E-state index contributed by atoms with van der Waals surface area (Å²) in [6.07, 6.45) is 1.98. The molecular weight excluding hydrogens is 288 g/mol. The van der Waals surface area contributed by atoms with Crippen LogP contribution in [0.1, 0.15) is 12.5 Å². The first kappa shape index (κ1) is 14.2. The van der Waals surface area contributed by atoms with E-state index in [1.165, 1.54) is 5.56 Å². The van der Waals surface area contributed by atoms with Crippen LogP contribution in [0.15, 0.2) is 42.6 Å². The predicted octanol–water partition coefficient (Wildman–Crippen LogP) is 2.93. The van der Waals surface area contributed by atoms with Crippen molar-refractivity contribution in [1.29, 1.82) is 0 Å². The number of benzene rings is 1. The summed E-state index contributed by atoms with van der Waals surface area (Å²) in [7, 11) is 0. The quantitative estimate of drug-likeness (QED) is 0.730. The van der Waals surface area contributed by atoms with Crippen LogP contribution in [0.3, 0.4) is 0 Å². The maximum absolute atomic E-state index is 5.56. The maximum Gasteiger partial charge on any atom is 0.182 e. The summed E-state index contributed by atoms with van der Waals surface area (Å²) < 4.78 is 7.48. The summed E-state index contributed by atoms with van der Waals surface area (Å²) in [4.78, 5) is 7.20. The Morgan fingerprint density at radius 2 is 2.00 bits per heavy atom. The van der Waals surface area contributed by atoms with Gasteiger partial charge in [-0.1, -0.05) is 29.8 Å². The molecule has 1 aliphatic heterocycles. The molecule has 5 heteroatoms. The van der Waals surface area contributed by atoms with E-state index in [0.717, 1.165) is 42.5 Å². The van der Waals surface area contributed by atoms with Crippen molar-refractivity contribution in [3.8, 4) is 11.4 Å². The van der Waals surface area contributed by atoms with E-state index < -0.39 is 0 Å². The lowest BCUT2D eigenvalue weighted by Gasteiger charge is -2.34. The van der Waals surface area contributed by atoms with Gasteiger partial charge in [0.05, 0.1) is 19.3 Å². The predicted molar refractivity (Wildman–Crippen MR) is 90.8 cm³/mol. The first-order valence-corrected chi connectivity index (χ1v) is 7.99. The van der Waals surface area contributed by atoms with Crippen molar-refractivity contribution < 1.29 is 4.74 Å². The third-order valence-corrected chi connectivity index (χ3v) is 4.32. The van der Waals surface area contributed by atoms with Gasteiger partial charge in [-0.25, -0.2) is 9.50 Å². The van der Waals surface area contributed by atoms with Crippen LogP contribution in [0.2, 0.25) is 0 Å². The van der Waals surface area contributed by atoms with Gasteiger partial charge in [-0.05, 0) is 26.0 Å².